The van der Waals surface area contributed by atoms with Crippen LogP contribution >= 0.6 is 0 Å². The van der Waals surface area contributed by atoms with Gasteiger partial charge < -0.3 is 10.4 Å². The van der Waals surface area contributed by atoms with Crippen LogP contribution in [-0.2, 0) is 4.79 Å². The number of hydrogen-bond acceptors (Lipinski definition) is 3. The van der Waals surface area contributed by atoms with E-state index in [9.17, 15) is 4.79 Å². The Morgan fingerprint density at radius 2 is 2.29 bits per heavy atom. The number of amides is 1. The van der Waals surface area contributed by atoms with Crippen molar-refractivity contribution in [3.8, 4) is 0 Å². The predicted octanol–water partition coefficient (Wildman–Crippen LogP) is -0.280. The highest BCUT2D eigenvalue weighted by molar-refractivity contribution is 5.82. The molecule has 0 aromatic carbocycles. The van der Waals surface area contributed by atoms with Gasteiger partial charge in [0.25, 0.3) is 0 Å². The fourth-order valence-electron chi connectivity index (χ4n) is 2.21. The number of nitrogens with zero attached hydrogens (tertiary/aromatic N) is 1. The molecule has 2 fully saturated rings. The zero-order valence-corrected chi connectivity index (χ0v) is 8.57. The van der Waals surface area contributed by atoms with Gasteiger partial charge >= 0.3 is 0 Å². The molecule has 2 aliphatic rings. The van der Waals surface area contributed by atoms with Crippen molar-refractivity contribution < 1.29 is 9.90 Å². The van der Waals surface area contributed by atoms with Crippen LogP contribution in [0.3, 0.4) is 0 Å². The first-order valence-electron chi connectivity index (χ1n) is 5.39. The highest BCUT2D eigenvalue weighted by atomic mass is 16.3. The molecular formula is C10H18N2O2. The molecule has 4 nitrogen and oxygen atoms in total. The average Bonchev–Trinajstić information content (AvgIpc) is 2.92. The molecule has 0 aromatic heterocycles. The van der Waals surface area contributed by atoms with Crippen LogP contribution in [-0.4, -0.2) is 47.2 Å². The first-order valence-corrected chi connectivity index (χ1v) is 5.39. The summed E-state index contributed by atoms with van der Waals surface area (Å²) < 4.78 is 0. The van der Waals surface area contributed by atoms with Crippen LogP contribution < -0.4 is 5.32 Å². The van der Waals surface area contributed by atoms with E-state index in [0.29, 0.717) is 12.5 Å². The summed E-state index contributed by atoms with van der Waals surface area (Å²) in [5, 5.41) is 11.9. The van der Waals surface area contributed by atoms with Crippen LogP contribution in [0.15, 0.2) is 0 Å². The Morgan fingerprint density at radius 3 is 2.86 bits per heavy atom. The largest absolute Gasteiger partial charge is 0.396 e. The molecule has 4 heteroatoms. The number of piperazine rings is 1. The SMILES string of the molecule is CC1CN(C2CC2)C(CCO)C(=O)N1. The monoisotopic (exact) mass is 198 g/mol. The minimum absolute atomic E-state index is 0.0877. The average molecular weight is 198 g/mol. The Kier molecular flexibility index (Phi) is 2.74. The van der Waals surface area contributed by atoms with Crippen molar-refractivity contribution >= 4 is 5.91 Å². The summed E-state index contributed by atoms with van der Waals surface area (Å²) >= 11 is 0. The second-order valence-corrected chi connectivity index (χ2v) is 4.37. The minimum Gasteiger partial charge on any atom is -0.396 e. The van der Waals surface area contributed by atoms with E-state index in [1.807, 2.05) is 6.92 Å². The van der Waals surface area contributed by atoms with Crippen LogP contribution in [0.5, 0.6) is 0 Å². The quantitative estimate of drug-likeness (QED) is 0.656. The third-order valence-electron chi connectivity index (χ3n) is 2.99. The van der Waals surface area contributed by atoms with E-state index in [2.05, 4.69) is 10.2 Å². The molecule has 0 aromatic rings. The van der Waals surface area contributed by atoms with Crippen molar-refractivity contribution in [3.63, 3.8) is 0 Å². The van der Waals surface area contributed by atoms with Gasteiger partial charge in [0.2, 0.25) is 5.91 Å². The molecule has 14 heavy (non-hydrogen) atoms. The fourth-order valence-corrected chi connectivity index (χ4v) is 2.21. The lowest BCUT2D eigenvalue weighted by atomic mass is 10.1. The molecule has 1 heterocycles. The fraction of sp³-hybridized carbons (Fsp3) is 0.900. The molecule has 1 saturated heterocycles. The maximum atomic E-state index is 11.7. The van der Waals surface area contributed by atoms with E-state index < -0.39 is 0 Å². The maximum Gasteiger partial charge on any atom is 0.237 e. The van der Waals surface area contributed by atoms with Gasteiger partial charge in [0.15, 0.2) is 0 Å². The lowest BCUT2D eigenvalue weighted by Gasteiger charge is -2.38. The van der Waals surface area contributed by atoms with Crippen LogP contribution in [0, 0.1) is 0 Å². The van der Waals surface area contributed by atoms with Crippen LogP contribution in [0.2, 0.25) is 0 Å². The molecule has 1 aliphatic heterocycles. The molecule has 2 rings (SSSR count). The van der Waals surface area contributed by atoms with Crippen LogP contribution in [0.25, 0.3) is 0 Å². The molecule has 0 bridgehead atoms. The van der Waals surface area contributed by atoms with Crippen LogP contribution in [0.1, 0.15) is 26.2 Å². The van der Waals surface area contributed by atoms with Crippen molar-refractivity contribution in [2.45, 2.75) is 44.3 Å². The van der Waals surface area contributed by atoms with Gasteiger partial charge in [-0.15, -0.1) is 0 Å². The molecule has 2 N–H and O–H groups in total. The van der Waals surface area contributed by atoms with Gasteiger partial charge in [-0.1, -0.05) is 0 Å². The number of carbonyl (C=O) groups is 1. The van der Waals surface area contributed by atoms with Gasteiger partial charge in [-0.2, -0.15) is 0 Å². The van der Waals surface area contributed by atoms with Crippen molar-refractivity contribution in [1.29, 1.82) is 0 Å². The molecule has 0 spiro atoms. The van der Waals surface area contributed by atoms with Gasteiger partial charge in [0, 0.05) is 25.2 Å². The molecule has 1 amide bonds. The summed E-state index contributed by atoms with van der Waals surface area (Å²) in [6.07, 6.45) is 2.99. The van der Waals surface area contributed by atoms with E-state index in [4.69, 9.17) is 5.11 Å². The zero-order valence-electron chi connectivity index (χ0n) is 8.57. The summed E-state index contributed by atoms with van der Waals surface area (Å²) in [6, 6.07) is 0.752. The first-order chi connectivity index (χ1) is 6.72. The highest BCUT2D eigenvalue weighted by Gasteiger charge is 2.40. The molecule has 2 atom stereocenters. The van der Waals surface area contributed by atoms with E-state index in [1.165, 1.54) is 12.8 Å². The molecule has 1 aliphatic carbocycles. The lowest BCUT2D eigenvalue weighted by Crippen LogP contribution is -2.59. The topological polar surface area (TPSA) is 52.6 Å². The summed E-state index contributed by atoms with van der Waals surface area (Å²) in [5.41, 5.74) is 0. The Morgan fingerprint density at radius 1 is 1.57 bits per heavy atom. The molecule has 2 unspecified atom stereocenters. The Labute approximate surface area is 84.3 Å². The lowest BCUT2D eigenvalue weighted by molar-refractivity contribution is -0.131. The van der Waals surface area contributed by atoms with E-state index in [-0.39, 0.29) is 24.6 Å². The maximum absolute atomic E-state index is 11.7. The third-order valence-corrected chi connectivity index (χ3v) is 2.99. The number of hydrogen-bond donors (Lipinski definition) is 2. The second kappa shape index (κ2) is 3.87. The number of aliphatic hydroxyl groups excluding tert-OH is 1. The zero-order chi connectivity index (χ0) is 10.1. The van der Waals surface area contributed by atoms with Crippen molar-refractivity contribution in [2.75, 3.05) is 13.2 Å². The summed E-state index contributed by atoms with van der Waals surface area (Å²) in [5.74, 6) is 0.0877. The molecule has 0 radical (unpaired) electrons. The van der Waals surface area contributed by atoms with E-state index in [1.54, 1.807) is 0 Å². The van der Waals surface area contributed by atoms with Gasteiger partial charge in [-0.05, 0) is 26.2 Å². The Hall–Kier alpha value is -0.610. The Bertz CT molecular complexity index is 228. The summed E-state index contributed by atoms with van der Waals surface area (Å²) in [7, 11) is 0. The second-order valence-electron chi connectivity index (χ2n) is 4.37. The smallest absolute Gasteiger partial charge is 0.237 e. The standard InChI is InChI=1S/C10H18N2O2/c1-7-6-12(8-2-3-8)9(4-5-13)10(14)11-7/h7-9,13H,2-6H2,1H3,(H,11,14). The van der Waals surface area contributed by atoms with Crippen molar-refractivity contribution in [3.05, 3.63) is 0 Å². The van der Waals surface area contributed by atoms with Crippen molar-refractivity contribution in [2.24, 2.45) is 0 Å². The van der Waals surface area contributed by atoms with E-state index >= 15 is 0 Å². The predicted molar refractivity (Wildman–Crippen MR) is 52.8 cm³/mol. The first kappa shape index (κ1) is 9.93. The van der Waals surface area contributed by atoms with Gasteiger partial charge in [0.05, 0.1) is 6.04 Å². The number of nitrogens with one attached hydrogen (secondary N) is 1. The van der Waals surface area contributed by atoms with Crippen LogP contribution in [0.4, 0.5) is 0 Å². The highest BCUT2D eigenvalue weighted by Crippen LogP contribution is 2.30. The van der Waals surface area contributed by atoms with Crippen molar-refractivity contribution in [1.82, 2.24) is 10.2 Å². The summed E-state index contributed by atoms with van der Waals surface area (Å²) in [4.78, 5) is 13.9. The minimum atomic E-state index is -0.0938. The number of carbonyl (C=O) groups excluding carboxylic acids is 1. The van der Waals surface area contributed by atoms with Gasteiger partial charge in [-0.3, -0.25) is 9.69 Å². The summed E-state index contributed by atoms with van der Waals surface area (Å²) in [6.45, 7) is 3.05. The van der Waals surface area contributed by atoms with Gasteiger partial charge in [0.1, 0.15) is 0 Å². The Balaban J connectivity index is 2.04. The molecular weight excluding hydrogens is 180 g/mol. The number of rotatable bonds is 3. The normalized spacial score (nSPS) is 34.3. The molecule has 1 saturated carbocycles. The number of aliphatic hydroxyl groups is 1. The van der Waals surface area contributed by atoms with E-state index in [0.717, 1.165) is 6.54 Å². The van der Waals surface area contributed by atoms with Gasteiger partial charge in [-0.25, -0.2) is 0 Å². The molecule has 80 valence electrons. The third kappa shape index (κ3) is 1.91.